The highest BCUT2D eigenvalue weighted by atomic mass is 16.6. The summed E-state index contributed by atoms with van der Waals surface area (Å²) in [5, 5.41) is 0. The van der Waals surface area contributed by atoms with Crippen molar-refractivity contribution in [3.05, 3.63) is 0 Å². The Labute approximate surface area is 237 Å². The second-order valence-electron chi connectivity index (χ2n) is 11.7. The maximum Gasteiger partial charge on any atom is 0.309 e. The van der Waals surface area contributed by atoms with Crippen LogP contribution >= 0.6 is 0 Å². The minimum absolute atomic E-state index is 0.0203. The van der Waals surface area contributed by atoms with Gasteiger partial charge in [-0.1, -0.05) is 124 Å². The summed E-state index contributed by atoms with van der Waals surface area (Å²) in [5.74, 6) is -0.268. The van der Waals surface area contributed by atoms with Crippen LogP contribution in [0, 0.1) is 5.92 Å². The summed E-state index contributed by atoms with van der Waals surface area (Å²) in [7, 11) is 4.02. The Hall–Kier alpha value is -1.10. The van der Waals surface area contributed by atoms with Crippen molar-refractivity contribution >= 4 is 11.9 Å². The third kappa shape index (κ3) is 24.0. The number of hydrogen-bond acceptors (Lipinski definition) is 5. The van der Waals surface area contributed by atoms with Gasteiger partial charge in [0.2, 0.25) is 0 Å². The molecule has 2 atom stereocenters. The van der Waals surface area contributed by atoms with Gasteiger partial charge >= 0.3 is 11.9 Å². The number of ether oxygens (including phenoxy) is 2. The third-order valence-electron chi connectivity index (χ3n) is 7.47. The number of nitrogens with zero attached hydrogens (tertiary/aromatic N) is 1. The normalized spacial score (nSPS) is 13.0. The highest BCUT2D eigenvalue weighted by Gasteiger charge is 2.22. The number of rotatable bonds is 28. The molecule has 226 valence electrons. The van der Waals surface area contributed by atoms with Gasteiger partial charge in [-0.3, -0.25) is 9.59 Å². The summed E-state index contributed by atoms with van der Waals surface area (Å²) < 4.78 is 11.7. The fourth-order valence-corrected chi connectivity index (χ4v) is 4.95. The fraction of sp³-hybridized carbons (Fsp3) is 0.939. The van der Waals surface area contributed by atoms with Crippen molar-refractivity contribution in [1.29, 1.82) is 0 Å². The second-order valence-corrected chi connectivity index (χ2v) is 11.7. The highest BCUT2D eigenvalue weighted by Crippen LogP contribution is 2.21. The van der Waals surface area contributed by atoms with Crippen LogP contribution in [0.3, 0.4) is 0 Å². The maximum atomic E-state index is 13.1. The van der Waals surface area contributed by atoms with E-state index in [1.165, 1.54) is 83.5 Å². The van der Waals surface area contributed by atoms with Gasteiger partial charge in [-0.15, -0.1) is 0 Å². The largest absolute Gasteiger partial charge is 0.462 e. The maximum absolute atomic E-state index is 13.1. The van der Waals surface area contributed by atoms with Crippen LogP contribution in [0.2, 0.25) is 0 Å². The van der Waals surface area contributed by atoms with Crippen molar-refractivity contribution < 1.29 is 19.1 Å². The molecule has 5 heteroatoms. The van der Waals surface area contributed by atoms with Gasteiger partial charge in [0, 0.05) is 6.42 Å². The first-order chi connectivity index (χ1) is 18.4. The van der Waals surface area contributed by atoms with Gasteiger partial charge in [0.15, 0.2) is 0 Å². The zero-order valence-corrected chi connectivity index (χ0v) is 26.2. The summed E-state index contributed by atoms with van der Waals surface area (Å²) in [6.07, 6.45) is 24.1. The molecule has 0 aliphatic rings. The Morgan fingerprint density at radius 2 is 1.05 bits per heavy atom. The molecule has 0 rings (SSSR count). The van der Waals surface area contributed by atoms with Gasteiger partial charge in [0.1, 0.15) is 12.7 Å². The molecule has 0 aliphatic heterocycles. The molecule has 0 bridgehead atoms. The minimum atomic E-state index is -0.323. The summed E-state index contributed by atoms with van der Waals surface area (Å²) >= 11 is 0. The van der Waals surface area contributed by atoms with Crippen LogP contribution in [0.5, 0.6) is 0 Å². The van der Waals surface area contributed by atoms with Gasteiger partial charge < -0.3 is 14.4 Å². The first-order valence-electron chi connectivity index (χ1n) is 16.4. The van der Waals surface area contributed by atoms with Crippen LogP contribution in [0.4, 0.5) is 0 Å². The molecule has 38 heavy (non-hydrogen) atoms. The standard InChI is InChI=1S/C33H65NO4/c1-6-9-12-15-17-19-22-26-31(38-32(35)27-23-28-34(4)5)29-37-33(36)30(24-20-14-11-8-3)25-21-18-16-13-10-7-2/h30-31H,6-29H2,1-5H3. The number of unbranched alkanes of at least 4 members (excludes halogenated alkanes) is 14. The van der Waals surface area contributed by atoms with Crippen molar-refractivity contribution in [3.8, 4) is 0 Å². The third-order valence-corrected chi connectivity index (χ3v) is 7.47. The van der Waals surface area contributed by atoms with Crippen LogP contribution in [-0.4, -0.2) is 50.2 Å². The number of hydrogen-bond donors (Lipinski definition) is 0. The Bertz CT molecular complexity index is 537. The molecule has 0 saturated carbocycles. The predicted octanol–water partition coefficient (Wildman–Crippen LogP) is 9.26. The minimum Gasteiger partial charge on any atom is -0.462 e. The fourth-order valence-electron chi connectivity index (χ4n) is 4.95. The zero-order valence-electron chi connectivity index (χ0n) is 26.2. The number of esters is 2. The van der Waals surface area contributed by atoms with E-state index in [1.54, 1.807) is 0 Å². The molecule has 0 saturated heterocycles. The SMILES string of the molecule is CCCCCCCCCC(COC(=O)C(CCCCCC)CCCCCCCC)OC(=O)CCCN(C)C. The molecule has 0 heterocycles. The van der Waals surface area contributed by atoms with Gasteiger partial charge in [-0.05, 0) is 52.7 Å². The number of carbonyl (C=O) groups is 2. The lowest BCUT2D eigenvalue weighted by Crippen LogP contribution is -2.28. The van der Waals surface area contributed by atoms with Gasteiger partial charge in [-0.2, -0.15) is 0 Å². The molecule has 0 fully saturated rings. The van der Waals surface area contributed by atoms with Crippen molar-refractivity contribution in [1.82, 2.24) is 4.90 Å². The average molecular weight is 540 g/mol. The van der Waals surface area contributed by atoms with E-state index in [0.717, 1.165) is 57.9 Å². The number of carbonyl (C=O) groups excluding carboxylic acids is 2. The Balaban J connectivity index is 4.78. The van der Waals surface area contributed by atoms with Crippen molar-refractivity contribution in [2.75, 3.05) is 27.2 Å². The van der Waals surface area contributed by atoms with Gasteiger partial charge in [-0.25, -0.2) is 0 Å². The van der Waals surface area contributed by atoms with E-state index in [2.05, 4.69) is 25.7 Å². The first-order valence-corrected chi connectivity index (χ1v) is 16.4. The van der Waals surface area contributed by atoms with Crippen LogP contribution in [0.1, 0.15) is 162 Å². The van der Waals surface area contributed by atoms with Crippen LogP contribution in [0.25, 0.3) is 0 Å². The lowest BCUT2D eigenvalue weighted by atomic mass is 9.94. The molecular weight excluding hydrogens is 474 g/mol. The van der Waals surface area contributed by atoms with E-state index in [4.69, 9.17) is 9.47 Å². The summed E-state index contributed by atoms with van der Waals surface area (Å²) in [6.45, 7) is 7.77. The van der Waals surface area contributed by atoms with E-state index in [9.17, 15) is 9.59 Å². The van der Waals surface area contributed by atoms with Crippen LogP contribution in [-0.2, 0) is 19.1 Å². The Morgan fingerprint density at radius 3 is 1.55 bits per heavy atom. The summed E-state index contributed by atoms with van der Waals surface area (Å²) in [6, 6.07) is 0. The van der Waals surface area contributed by atoms with E-state index < -0.39 is 0 Å². The lowest BCUT2D eigenvalue weighted by molar-refractivity contribution is -0.162. The molecule has 0 radical (unpaired) electrons. The lowest BCUT2D eigenvalue weighted by Gasteiger charge is -2.21. The molecule has 5 nitrogen and oxygen atoms in total. The molecule has 0 aromatic heterocycles. The smallest absolute Gasteiger partial charge is 0.309 e. The molecule has 0 aromatic carbocycles. The van der Waals surface area contributed by atoms with Gasteiger partial charge in [0.05, 0.1) is 5.92 Å². The first kappa shape index (κ1) is 36.9. The van der Waals surface area contributed by atoms with Crippen molar-refractivity contribution in [3.63, 3.8) is 0 Å². The van der Waals surface area contributed by atoms with E-state index >= 15 is 0 Å². The van der Waals surface area contributed by atoms with Crippen LogP contribution < -0.4 is 0 Å². The summed E-state index contributed by atoms with van der Waals surface area (Å²) in [5.41, 5.74) is 0. The van der Waals surface area contributed by atoms with Crippen molar-refractivity contribution in [2.45, 2.75) is 168 Å². The van der Waals surface area contributed by atoms with E-state index in [0.29, 0.717) is 6.42 Å². The zero-order chi connectivity index (χ0) is 28.3. The van der Waals surface area contributed by atoms with Gasteiger partial charge in [0.25, 0.3) is 0 Å². The van der Waals surface area contributed by atoms with E-state index in [-0.39, 0.29) is 30.6 Å². The highest BCUT2D eigenvalue weighted by molar-refractivity contribution is 5.72. The van der Waals surface area contributed by atoms with Crippen LogP contribution in [0.15, 0.2) is 0 Å². The second kappa shape index (κ2) is 27.5. The predicted molar refractivity (Wildman–Crippen MR) is 161 cm³/mol. The Kier molecular flexibility index (Phi) is 26.7. The molecule has 0 amide bonds. The van der Waals surface area contributed by atoms with Crippen molar-refractivity contribution in [2.24, 2.45) is 5.92 Å². The molecule has 2 unspecified atom stereocenters. The molecule has 0 aromatic rings. The summed E-state index contributed by atoms with van der Waals surface area (Å²) in [4.78, 5) is 27.7. The average Bonchev–Trinajstić information content (AvgIpc) is 2.89. The molecular formula is C33H65NO4. The molecule has 0 N–H and O–H groups in total. The monoisotopic (exact) mass is 539 g/mol. The topological polar surface area (TPSA) is 55.8 Å². The molecule has 0 aliphatic carbocycles. The van der Waals surface area contributed by atoms with E-state index in [1.807, 2.05) is 14.1 Å². The quantitative estimate of drug-likeness (QED) is 0.0732. The Morgan fingerprint density at radius 1 is 0.605 bits per heavy atom. The molecule has 0 spiro atoms.